The SMILES string of the molecule is COCCNC(CC(=O)O)C(=O)c1cc(C)ccc1C. The maximum atomic E-state index is 12.5. The van der Waals surface area contributed by atoms with Crippen LogP contribution in [0.3, 0.4) is 0 Å². The minimum absolute atomic E-state index is 0.190. The van der Waals surface area contributed by atoms with Gasteiger partial charge in [0.15, 0.2) is 5.78 Å². The second kappa shape index (κ2) is 7.77. The molecular formula is C15H21NO4. The Morgan fingerprint density at radius 2 is 2.05 bits per heavy atom. The molecule has 1 aromatic carbocycles. The Hall–Kier alpha value is -1.72. The largest absolute Gasteiger partial charge is 0.481 e. The molecule has 0 spiro atoms. The fraction of sp³-hybridized carbons (Fsp3) is 0.467. The summed E-state index contributed by atoms with van der Waals surface area (Å²) in [6.07, 6.45) is -0.240. The lowest BCUT2D eigenvalue weighted by Gasteiger charge is -2.17. The van der Waals surface area contributed by atoms with Crippen molar-refractivity contribution in [3.8, 4) is 0 Å². The molecule has 0 fully saturated rings. The lowest BCUT2D eigenvalue weighted by molar-refractivity contribution is -0.137. The summed E-state index contributed by atoms with van der Waals surface area (Å²) in [4.78, 5) is 23.4. The Labute approximate surface area is 118 Å². The molecule has 0 bridgehead atoms. The number of nitrogens with one attached hydrogen (secondary N) is 1. The van der Waals surface area contributed by atoms with Crippen LogP contribution in [0.2, 0.25) is 0 Å². The monoisotopic (exact) mass is 279 g/mol. The fourth-order valence-corrected chi connectivity index (χ4v) is 1.96. The first-order valence-corrected chi connectivity index (χ1v) is 6.51. The zero-order valence-electron chi connectivity index (χ0n) is 12.1. The average molecular weight is 279 g/mol. The van der Waals surface area contributed by atoms with Gasteiger partial charge >= 0.3 is 5.97 Å². The van der Waals surface area contributed by atoms with Crippen molar-refractivity contribution in [1.29, 1.82) is 0 Å². The number of ketones is 1. The van der Waals surface area contributed by atoms with E-state index in [9.17, 15) is 9.59 Å². The molecule has 0 aliphatic rings. The number of rotatable bonds is 8. The summed E-state index contributed by atoms with van der Waals surface area (Å²) in [5, 5.41) is 11.9. The number of carboxylic acids is 1. The molecule has 1 aromatic rings. The van der Waals surface area contributed by atoms with Crippen molar-refractivity contribution >= 4 is 11.8 Å². The normalized spacial score (nSPS) is 12.2. The molecule has 1 unspecified atom stereocenters. The Morgan fingerprint density at radius 1 is 1.35 bits per heavy atom. The lowest BCUT2D eigenvalue weighted by Crippen LogP contribution is -2.40. The minimum atomic E-state index is -1.00. The molecule has 0 aliphatic carbocycles. The summed E-state index contributed by atoms with van der Waals surface area (Å²) < 4.78 is 4.90. The van der Waals surface area contributed by atoms with Gasteiger partial charge in [-0.1, -0.05) is 17.7 Å². The van der Waals surface area contributed by atoms with Crippen molar-refractivity contribution in [3.05, 3.63) is 34.9 Å². The molecule has 0 aliphatic heterocycles. The highest BCUT2D eigenvalue weighted by Gasteiger charge is 2.23. The molecule has 5 heteroatoms. The van der Waals surface area contributed by atoms with Crippen LogP contribution in [0.15, 0.2) is 18.2 Å². The molecule has 5 nitrogen and oxygen atoms in total. The summed E-state index contributed by atoms with van der Waals surface area (Å²) in [7, 11) is 1.56. The van der Waals surface area contributed by atoms with Crippen molar-refractivity contribution in [2.24, 2.45) is 0 Å². The number of hydrogen-bond donors (Lipinski definition) is 2. The Kier molecular flexibility index (Phi) is 6.35. The molecule has 1 rings (SSSR count). The molecule has 0 saturated carbocycles. The van der Waals surface area contributed by atoms with E-state index in [4.69, 9.17) is 9.84 Å². The standard InChI is InChI=1S/C15H21NO4/c1-10-4-5-11(2)12(8-10)15(19)13(9-14(17)18)16-6-7-20-3/h4-5,8,13,16H,6-7,9H2,1-3H3,(H,17,18). The molecule has 110 valence electrons. The smallest absolute Gasteiger partial charge is 0.305 e. The van der Waals surface area contributed by atoms with Gasteiger partial charge in [0, 0.05) is 19.2 Å². The van der Waals surface area contributed by atoms with Crippen LogP contribution in [0, 0.1) is 13.8 Å². The van der Waals surface area contributed by atoms with Gasteiger partial charge in [0.2, 0.25) is 0 Å². The molecular weight excluding hydrogens is 258 g/mol. The van der Waals surface area contributed by atoms with Gasteiger partial charge in [-0.25, -0.2) is 0 Å². The highest BCUT2D eigenvalue weighted by atomic mass is 16.5. The minimum Gasteiger partial charge on any atom is -0.481 e. The van der Waals surface area contributed by atoms with Crippen LogP contribution in [0.5, 0.6) is 0 Å². The van der Waals surface area contributed by atoms with Crippen LogP contribution in [-0.2, 0) is 9.53 Å². The van der Waals surface area contributed by atoms with Crippen LogP contribution in [-0.4, -0.2) is 43.2 Å². The summed E-state index contributed by atoms with van der Waals surface area (Å²) in [6.45, 7) is 4.61. The number of carbonyl (C=O) groups excluding carboxylic acids is 1. The van der Waals surface area contributed by atoms with E-state index < -0.39 is 12.0 Å². The maximum Gasteiger partial charge on any atom is 0.305 e. The van der Waals surface area contributed by atoms with Gasteiger partial charge in [-0.05, 0) is 25.5 Å². The van der Waals surface area contributed by atoms with Crippen molar-refractivity contribution in [2.75, 3.05) is 20.3 Å². The van der Waals surface area contributed by atoms with E-state index in [1.807, 2.05) is 26.0 Å². The Balaban J connectivity index is 2.90. The first-order chi connectivity index (χ1) is 9.45. The topological polar surface area (TPSA) is 75.6 Å². The fourth-order valence-electron chi connectivity index (χ4n) is 1.96. The number of hydrogen-bond acceptors (Lipinski definition) is 4. The molecule has 0 amide bonds. The third-order valence-corrected chi connectivity index (χ3v) is 3.05. The van der Waals surface area contributed by atoms with Crippen LogP contribution < -0.4 is 5.32 Å². The molecule has 20 heavy (non-hydrogen) atoms. The number of aryl methyl sites for hydroxylation is 2. The van der Waals surface area contributed by atoms with Crippen molar-refractivity contribution in [1.82, 2.24) is 5.32 Å². The number of benzene rings is 1. The zero-order chi connectivity index (χ0) is 15.1. The van der Waals surface area contributed by atoms with E-state index in [0.717, 1.165) is 11.1 Å². The Bertz CT molecular complexity index is 485. The molecule has 0 heterocycles. The van der Waals surface area contributed by atoms with Crippen molar-refractivity contribution in [2.45, 2.75) is 26.3 Å². The van der Waals surface area contributed by atoms with Gasteiger partial charge < -0.3 is 15.2 Å². The van der Waals surface area contributed by atoms with Gasteiger partial charge in [0.05, 0.1) is 19.1 Å². The molecule has 0 saturated heterocycles. The summed E-state index contributed by atoms with van der Waals surface area (Å²) in [5.74, 6) is -1.19. The summed E-state index contributed by atoms with van der Waals surface area (Å²) >= 11 is 0. The second-order valence-electron chi connectivity index (χ2n) is 4.78. The first kappa shape index (κ1) is 16.3. The van der Waals surface area contributed by atoms with Gasteiger partial charge in [0.1, 0.15) is 0 Å². The average Bonchev–Trinajstić information content (AvgIpc) is 2.39. The number of aliphatic carboxylic acids is 1. The van der Waals surface area contributed by atoms with Gasteiger partial charge in [0.25, 0.3) is 0 Å². The molecule has 2 N–H and O–H groups in total. The van der Waals surface area contributed by atoms with E-state index >= 15 is 0 Å². The van der Waals surface area contributed by atoms with E-state index in [0.29, 0.717) is 18.7 Å². The third-order valence-electron chi connectivity index (χ3n) is 3.05. The molecule has 1 atom stereocenters. The number of methoxy groups -OCH3 is 1. The van der Waals surface area contributed by atoms with E-state index in [1.165, 1.54) is 0 Å². The highest BCUT2D eigenvalue weighted by Crippen LogP contribution is 2.14. The van der Waals surface area contributed by atoms with Crippen molar-refractivity contribution < 1.29 is 19.4 Å². The molecule has 0 aromatic heterocycles. The zero-order valence-corrected chi connectivity index (χ0v) is 12.1. The van der Waals surface area contributed by atoms with Crippen LogP contribution >= 0.6 is 0 Å². The van der Waals surface area contributed by atoms with E-state index in [-0.39, 0.29) is 12.2 Å². The van der Waals surface area contributed by atoms with E-state index in [1.54, 1.807) is 13.2 Å². The summed E-state index contributed by atoms with van der Waals surface area (Å²) in [5.41, 5.74) is 2.40. The maximum absolute atomic E-state index is 12.5. The van der Waals surface area contributed by atoms with Crippen LogP contribution in [0.25, 0.3) is 0 Å². The number of carboxylic acid groups (broad SMARTS) is 1. The van der Waals surface area contributed by atoms with Gasteiger partial charge in [-0.15, -0.1) is 0 Å². The van der Waals surface area contributed by atoms with Crippen LogP contribution in [0.4, 0.5) is 0 Å². The quantitative estimate of drug-likeness (QED) is 0.558. The summed E-state index contributed by atoms with van der Waals surface area (Å²) in [6, 6.07) is 4.86. The van der Waals surface area contributed by atoms with Gasteiger partial charge in [-0.3, -0.25) is 9.59 Å². The highest BCUT2D eigenvalue weighted by molar-refractivity contribution is 6.02. The van der Waals surface area contributed by atoms with E-state index in [2.05, 4.69) is 5.32 Å². The predicted octanol–water partition coefficient (Wildman–Crippen LogP) is 1.57. The third kappa shape index (κ3) is 4.75. The van der Waals surface area contributed by atoms with Crippen LogP contribution in [0.1, 0.15) is 27.9 Å². The molecule has 0 radical (unpaired) electrons. The predicted molar refractivity (Wildman–Crippen MR) is 76.2 cm³/mol. The number of ether oxygens (including phenoxy) is 1. The lowest BCUT2D eigenvalue weighted by atomic mass is 9.96. The second-order valence-corrected chi connectivity index (χ2v) is 4.78. The van der Waals surface area contributed by atoms with Crippen molar-refractivity contribution in [3.63, 3.8) is 0 Å². The number of carbonyl (C=O) groups is 2. The van der Waals surface area contributed by atoms with Gasteiger partial charge in [-0.2, -0.15) is 0 Å². The number of Topliss-reactive ketones (excluding diaryl/α,β-unsaturated/α-hetero) is 1. The Morgan fingerprint density at radius 3 is 2.65 bits per heavy atom. The first-order valence-electron chi connectivity index (χ1n) is 6.51.